The number of carbonyl (C=O) groups excluding carboxylic acids is 3. The topological polar surface area (TPSA) is 139 Å². The summed E-state index contributed by atoms with van der Waals surface area (Å²) in [6.45, 7) is 3.45. The van der Waals surface area contributed by atoms with Crippen LogP contribution in [0.5, 0.6) is 0 Å². The molecular weight excluding hydrogens is 558 g/mol. The van der Waals surface area contributed by atoms with Crippen LogP contribution in [0, 0.1) is 6.92 Å². The number of carbonyl (C=O) groups is 3. The lowest BCUT2D eigenvalue weighted by Crippen LogP contribution is -2.14. The van der Waals surface area contributed by atoms with Crippen molar-refractivity contribution in [2.45, 2.75) is 64.2 Å². The fraction of sp³-hybridized carbons (Fsp3) is 0.345. The van der Waals surface area contributed by atoms with Gasteiger partial charge in [-0.1, -0.05) is 71.1 Å². The first-order valence-electron chi connectivity index (χ1n) is 13.5. The largest absolute Gasteiger partial charge is 0.326 e. The van der Waals surface area contributed by atoms with Crippen LogP contribution in [0.25, 0.3) is 0 Å². The zero-order valence-electron chi connectivity index (χ0n) is 22.8. The Kier molecular flexibility index (Phi) is 9.10. The van der Waals surface area contributed by atoms with Crippen molar-refractivity contribution in [2.24, 2.45) is 0 Å². The predicted molar refractivity (Wildman–Crippen MR) is 160 cm³/mol. The van der Waals surface area contributed by atoms with Crippen molar-refractivity contribution < 1.29 is 14.4 Å². The third kappa shape index (κ3) is 8.01. The summed E-state index contributed by atoms with van der Waals surface area (Å²) in [7, 11) is 0. The number of aryl methyl sites for hydroxylation is 1. The van der Waals surface area contributed by atoms with Gasteiger partial charge in [0.15, 0.2) is 0 Å². The Morgan fingerprint density at radius 2 is 1.34 bits per heavy atom. The number of amides is 3. The maximum absolute atomic E-state index is 12.6. The second-order valence-corrected chi connectivity index (χ2v) is 12.3. The molecule has 41 heavy (non-hydrogen) atoms. The molecule has 3 N–H and O–H groups in total. The fourth-order valence-electron chi connectivity index (χ4n) is 5.02. The van der Waals surface area contributed by atoms with E-state index in [1.807, 2.05) is 37.3 Å². The Hall–Kier alpha value is -4.03. The van der Waals surface area contributed by atoms with E-state index in [4.69, 9.17) is 0 Å². The molecule has 5 rings (SSSR count). The van der Waals surface area contributed by atoms with Crippen molar-refractivity contribution in [3.8, 4) is 0 Å². The molecule has 2 aromatic carbocycles. The molecule has 1 aliphatic carbocycles. The van der Waals surface area contributed by atoms with E-state index in [2.05, 4.69) is 36.3 Å². The first kappa shape index (κ1) is 28.5. The number of nitrogens with one attached hydrogen (secondary N) is 3. The van der Waals surface area contributed by atoms with E-state index in [0.717, 1.165) is 52.4 Å². The predicted octanol–water partition coefficient (Wildman–Crippen LogP) is 5.46. The third-order valence-corrected chi connectivity index (χ3v) is 8.81. The van der Waals surface area contributed by atoms with E-state index in [-0.39, 0.29) is 36.0 Å². The summed E-state index contributed by atoms with van der Waals surface area (Å²) in [4.78, 5) is 36.5. The zero-order valence-corrected chi connectivity index (χ0v) is 24.5. The van der Waals surface area contributed by atoms with E-state index in [1.54, 1.807) is 18.2 Å². The van der Waals surface area contributed by atoms with Crippen LogP contribution in [0.4, 0.5) is 16.0 Å². The van der Waals surface area contributed by atoms with Crippen molar-refractivity contribution in [2.75, 3.05) is 16.0 Å². The summed E-state index contributed by atoms with van der Waals surface area (Å²) in [6.07, 6.45) is 4.34. The lowest BCUT2D eigenvalue weighted by Gasteiger charge is -2.25. The summed E-state index contributed by atoms with van der Waals surface area (Å²) in [6, 6.07) is 15.1. The molecule has 0 unspecified atom stereocenters. The molecule has 0 spiro atoms. The summed E-state index contributed by atoms with van der Waals surface area (Å²) in [5.41, 5.74) is 3.53. The molecule has 1 fully saturated rings. The van der Waals surface area contributed by atoms with Gasteiger partial charge in [0.05, 0.1) is 12.8 Å². The Labute approximate surface area is 246 Å². The third-order valence-electron chi connectivity index (χ3n) is 6.81. The normalized spacial score (nSPS) is 16.6. The molecule has 2 atom stereocenters. The Morgan fingerprint density at radius 1 is 0.780 bits per heavy atom. The molecule has 1 saturated carbocycles. The van der Waals surface area contributed by atoms with Gasteiger partial charge in [0.1, 0.15) is 10.0 Å². The molecule has 12 heteroatoms. The molecule has 212 valence electrons. The van der Waals surface area contributed by atoms with E-state index in [0.29, 0.717) is 22.4 Å². The van der Waals surface area contributed by atoms with Crippen LogP contribution in [0.1, 0.15) is 71.1 Å². The number of aromatic nitrogens is 4. The molecule has 3 amide bonds. The highest BCUT2D eigenvalue weighted by Crippen LogP contribution is 2.43. The minimum Gasteiger partial charge on any atom is -0.326 e. The van der Waals surface area contributed by atoms with Gasteiger partial charge in [-0.3, -0.25) is 14.4 Å². The number of rotatable bonds is 9. The van der Waals surface area contributed by atoms with Crippen molar-refractivity contribution >= 4 is 56.3 Å². The number of hydrogen-bond donors (Lipinski definition) is 3. The standard InChI is InChI=1S/C29H31N7O3S2/c1-17-6-3-7-19(12-17)14-24(38)31-28-35-33-26(40-28)21-9-5-10-22(16-21)27-34-36-29(41-27)32-25(39)15-20-8-4-11-23(13-20)30-18(2)37/h3-4,6-8,11-13,21-22H,5,9-10,14-16H2,1-2H3,(H,30,37)(H,31,35,38)(H,32,36,39)/t21-,22-/m0/s1. The molecule has 2 heterocycles. The van der Waals surface area contributed by atoms with Gasteiger partial charge < -0.3 is 16.0 Å². The van der Waals surface area contributed by atoms with Crippen molar-refractivity contribution in [3.05, 3.63) is 75.2 Å². The number of hydrogen-bond acceptors (Lipinski definition) is 9. The number of benzene rings is 2. The quantitative estimate of drug-likeness (QED) is 0.236. The number of nitrogens with zero attached hydrogens (tertiary/aromatic N) is 4. The Balaban J connectivity index is 1.14. The van der Waals surface area contributed by atoms with Crippen LogP contribution in [0.3, 0.4) is 0 Å². The van der Waals surface area contributed by atoms with Gasteiger partial charge in [-0.25, -0.2) is 0 Å². The Morgan fingerprint density at radius 3 is 1.90 bits per heavy atom. The van der Waals surface area contributed by atoms with Crippen molar-refractivity contribution in [3.63, 3.8) is 0 Å². The molecular formula is C29H31N7O3S2. The maximum Gasteiger partial charge on any atom is 0.230 e. The maximum atomic E-state index is 12.6. The van der Waals surface area contributed by atoms with Crippen LogP contribution >= 0.6 is 22.7 Å². The second-order valence-electron chi connectivity index (χ2n) is 10.3. The van der Waals surface area contributed by atoms with Crippen molar-refractivity contribution in [1.82, 2.24) is 20.4 Å². The minimum absolute atomic E-state index is 0.108. The number of anilines is 3. The summed E-state index contributed by atoms with van der Waals surface area (Å²) in [5, 5.41) is 28.5. The summed E-state index contributed by atoms with van der Waals surface area (Å²) >= 11 is 2.83. The first-order valence-corrected chi connectivity index (χ1v) is 15.1. The average molecular weight is 590 g/mol. The average Bonchev–Trinajstić information content (AvgIpc) is 3.58. The molecule has 10 nitrogen and oxygen atoms in total. The van der Waals surface area contributed by atoms with E-state index >= 15 is 0 Å². The van der Waals surface area contributed by atoms with Gasteiger partial charge in [-0.05, 0) is 49.4 Å². The van der Waals surface area contributed by atoms with Gasteiger partial charge in [0, 0.05) is 24.4 Å². The summed E-state index contributed by atoms with van der Waals surface area (Å²) < 4.78 is 0. The first-order chi connectivity index (χ1) is 19.8. The van der Waals surface area contributed by atoms with Crippen LogP contribution in [-0.2, 0) is 27.2 Å². The monoisotopic (exact) mass is 589 g/mol. The van der Waals surface area contributed by atoms with Gasteiger partial charge in [-0.15, -0.1) is 20.4 Å². The summed E-state index contributed by atoms with van der Waals surface area (Å²) in [5.74, 6) is -0.0186. The Bertz CT molecular complexity index is 1550. The second kappa shape index (κ2) is 13.1. The minimum atomic E-state index is -0.194. The molecule has 0 radical (unpaired) electrons. The van der Waals surface area contributed by atoms with Crippen molar-refractivity contribution in [1.29, 1.82) is 0 Å². The van der Waals surface area contributed by atoms with Crippen LogP contribution in [0.2, 0.25) is 0 Å². The van der Waals surface area contributed by atoms with Gasteiger partial charge in [0.25, 0.3) is 0 Å². The van der Waals surface area contributed by atoms with Gasteiger partial charge in [0.2, 0.25) is 28.0 Å². The zero-order chi connectivity index (χ0) is 28.8. The van der Waals surface area contributed by atoms with E-state index in [1.165, 1.54) is 29.6 Å². The molecule has 0 aliphatic heterocycles. The van der Waals surface area contributed by atoms with Crippen LogP contribution in [0.15, 0.2) is 48.5 Å². The van der Waals surface area contributed by atoms with Gasteiger partial charge in [-0.2, -0.15) is 0 Å². The molecule has 0 saturated heterocycles. The molecule has 4 aromatic rings. The SMILES string of the molecule is CC(=O)Nc1cccc(CC(=O)Nc2nnc([C@H]3CCC[C@H](c4nnc(NC(=O)Cc5cccc(C)c5)s4)C3)s2)c1. The van der Waals surface area contributed by atoms with Crippen LogP contribution in [-0.4, -0.2) is 38.1 Å². The fourth-order valence-corrected chi connectivity index (χ4v) is 6.83. The smallest absolute Gasteiger partial charge is 0.230 e. The highest BCUT2D eigenvalue weighted by atomic mass is 32.1. The van der Waals surface area contributed by atoms with E-state index < -0.39 is 0 Å². The van der Waals surface area contributed by atoms with Gasteiger partial charge >= 0.3 is 0 Å². The lowest BCUT2D eigenvalue weighted by atomic mass is 9.82. The lowest BCUT2D eigenvalue weighted by molar-refractivity contribution is -0.116. The highest BCUT2D eigenvalue weighted by molar-refractivity contribution is 7.15. The highest BCUT2D eigenvalue weighted by Gasteiger charge is 2.29. The molecule has 0 bridgehead atoms. The molecule has 1 aliphatic rings. The molecule has 2 aromatic heterocycles. The van der Waals surface area contributed by atoms with Crippen LogP contribution < -0.4 is 16.0 Å². The van der Waals surface area contributed by atoms with E-state index in [9.17, 15) is 14.4 Å².